The molecular weight excluding hydrogens is 224 g/mol. The third-order valence-electron chi connectivity index (χ3n) is 3.42. The molecule has 0 aromatic heterocycles. The summed E-state index contributed by atoms with van der Waals surface area (Å²) in [6, 6.07) is 3.84. The van der Waals surface area contributed by atoms with E-state index in [-0.39, 0.29) is 12.2 Å². The molecular formula is C13H17F2NO. The number of hydrogen-bond acceptors (Lipinski definition) is 2. The normalized spacial score (nSPS) is 18.5. The number of hydrogen-bond donors (Lipinski definition) is 1. The average molecular weight is 241 g/mol. The lowest BCUT2D eigenvalue weighted by Gasteiger charge is -2.27. The first kappa shape index (κ1) is 12.5. The molecule has 2 N–H and O–H groups in total. The van der Waals surface area contributed by atoms with Gasteiger partial charge in [-0.3, -0.25) is 0 Å². The molecule has 1 aliphatic rings. The molecule has 0 spiro atoms. The Morgan fingerprint density at radius 3 is 2.47 bits per heavy atom. The van der Waals surface area contributed by atoms with E-state index in [1.54, 1.807) is 0 Å². The van der Waals surface area contributed by atoms with Crippen molar-refractivity contribution in [2.24, 2.45) is 5.73 Å². The van der Waals surface area contributed by atoms with E-state index in [1.165, 1.54) is 12.1 Å². The van der Waals surface area contributed by atoms with Crippen LogP contribution in [-0.4, -0.2) is 12.1 Å². The monoisotopic (exact) mass is 241 g/mol. The Bertz CT molecular complexity index is 389. The highest BCUT2D eigenvalue weighted by molar-refractivity contribution is 5.17. The molecule has 0 radical (unpaired) electrons. The van der Waals surface area contributed by atoms with Gasteiger partial charge >= 0.3 is 0 Å². The van der Waals surface area contributed by atoms with Gasteiger partial charge in [-0.1, -0.05) is 18.9 Å². The van der Waals surface area contributed by atoms with Gasteiger partial charge in [0.25, 0.3) is 0 Å². The molecule has 2 nitrogen and oxygen atoms in total. The lowest BCUT2D eigenvalue weighted by molar-refractivity contribution is -0.0449. The fourth-order valence-electron chi connectivity index (χ4n) is 2.29. The van der Waals surface area contributed by atoms with E-state index in [0.717, 1.165) is 31.7 Å². The Kier molecular flexibility index (Phi) is 3.74. The van der Waals surface area contributed by atoms with Gasteiger partial charge in [0.05, 0.1) is 12.2 Å². The topological polar surface area (TPSA) is 35.2 Å². The number of rotatable bonds is 4. The van der Waals surface area contributed by atoms with Gasteiger partial charge in [-0.2, -0.15) is 0 Å². The van der Waals surface area contributed by atoms with E-state index in [0.29, 0.717) is 12.1 Å². The smallest absolute Gasteiger partial charge is 0.159 e. The van der Waals surface area contributed by atoms with Crippen LogP contribution in [0.5, 0.6) is 0 Å². The molecule has 1 aliphatic carbocycles. The maximum atomic E-state index is 13.0. The van der Waals surface area contributed by atoms with Gasteiger partial charge in [-0.15, -0.1) is 0 Å². The molecule has 2 rings (SSSR count). The average Bonchev–Trinajstić information content (AvgIpc) is 2.80. The van der Waals surface area contributed by atoms with Gasteiger partial charge in [0.2, 0.25) is 0 Å². The Labute approximate surface area is 99.8 Å². The summed E-state index contributed by atoms with van der Waals surface area (Å²) in [6.07, 6.45) is 4.14. The molecule has 0 heterocycles. The van der Waals surface area contributed by atoms with Crippen LogP contribution >= 0.6 is 0 Å². The lowest BCUT2D eigenvalue weighted by atomic mass is 10.0. The zero-order valence-corrected chi connectivity index (χ0v) is 9.72. The minimum absolute atomic E-state index is 0.259. The minimum atomic E-state index is -0.834. The second kappa shape index (κ2) is 5.10. The summed E-state index contributed by atoms with van der Waals surface area (Å²) >= 11 is 0. The van der Waals surface area contributed by atoms with Crippen LogP contribution in [0.25, 0.3) is 0 Å². The first-order valence-electron chi connectivity index (χ1n) is 5.93. The third kappa shape index (κ3) is 2.82. The van der Waals surface area contributed by atoms with Crippen LogP contribution in [0.15, 0.2) is 18.2 Å². The number of halogens is 2. The molecule has 0 amide bonds. The summed E-state index contributed by atoms with van der Waals surface area (Å²) in [5.41, 5.74) is 6.11. The van der Waals surface area contributed by atoms with E-state index < -0.39 is 11.6 Å². The van der Waals surface area contributed by atoms with Crippen molar-refractivity contribution in [1.82, 2.24) is 0 Å². The van der Waals surface area contributed by atoms with Crippen LogP contribution in [0.4, 0.5) is 8.78 Å². The molecule has 0 unspecified atom stereocenters. The third-order valence-corrected chi connectivity index (χ3v) is 3.42. The van der Waals surface area contributed by atoms with E-state index in [4.69, 9.17) is 10.5 Å². The summed E-state index contributed by atoms with van der Waals surface area (Å²) in [6.45, 7) is 0.769. The first-order chi connectivity index (χ1) is 8.15. The zero-order valence-electron chi connectivity index (χ0n) is 9.72. The molecule has 1 aromatic rings. The zero-order chi connectivity index (χ0) is 12.3. The van der Waals surface area contributed by atoms with Crippen molar-refractivity contribution >= 4 is 0 Å². The Balaban J connectivity index is 1.99. The summed E-state index contributed by atoms with van der Waals surface area (Å²) in [7, 11) is 0. The Morgan fingerprint density at radius 2 is 1.88 bits per heavy atom. The van der Waals surface area contributed by atoms with Crippen molar-refractivity contribution in [1.29, 1.82) is 0 Å². The SMILES string of the molecule is NCC1(OCc2ccc(F)c(F)c2)CCCC1. The summed E-state index contributed by atoms with van der Waals surface area (Å²) in [5.74, 6) is -1.66. The fraction of sp³-hybridized carbons (Fsp3) is 0.538. The Morgan fingerprint density at radius 1 is 1.18 bits per heavy atom. The maximum absolute atomic E-state index is 13.0. The Hall–Kier alpha value is -1.00. The van der Waals surface area contributed by atoms with E-state index in [1.807, 2.05) is 0 Å². The largest absolute Gasteiger partial charge is 0.369 e. The highest BCUT2D eigenvalue weighted by Crippen LogP contribution is 2.33. The van der Waals surface area contributed by atoms with Crippen molar-refractivity contribution in [3.05, 3.63) is 35.4 Å². The van der Waals surface area contributed by atoms with E-state index in [9.17, 15) is 8.78 Å². The molecule has 0 bridgehead atoms. The van der Waals surface area contributed by atoms with E-state index in [2.05, 4.69) is 0 Å². The van der Waals surface area contributed by atoms with Gasteiger partial charge in [-0.25, -0.2) is 8.78 Å². The molecule has 0 atom stereocenters. The molecule has 4 heteroatoms. The number of benzene rings is 1. The molecule has 1 aromatic carbocycles. The van der Waals surface area contributed by atoms with Crippen molar-refractivity contribution in [3.8, 4) is 0 Å². The fourth-order valence-corrected chi connectivity index (χ4v) is 2.29. The molecule has 0 aliphatic heterocycles. The van der Waals surface area contributed by atoms with Gasteiger partial charge in [0, 0.05) is 6.54 Å². The molecule has 17 heavy (non-hydrogen) atoms. The number of ether oxygens (including phenoxy) is 1. The molecule has 94 valence electrons. The second-order valence-electron chi connectivity index (χ2n) is 4.63. The minimum Gasteiger partial charge on any atom is -0.369 e. The predicted molar refractivity (Wildman–Crippen MR) is 61.4 cm³/mol. The van der Waals surface area contributed by atoms with Crippen molar-refractivity contribution in [3.63, 3.8) is 0 Å². The number of nitrogens with two attached hydrogens (primary N) is 1. The van der Waals surface area contributed by atoms with Crippen molar-refractivity contribution in [2.45, 2.75) is 37.9 Å². The van der Waals surface area contributed by atoms with Crippen LogP contribution in [0, 0.1) is 11.6 Å². The first-order valence-corrected chi connectivity index (χ1v) is 5.93. The van der Waals surface area contributed by atoms with Crippen LogP contribution in [-0.2, 0) is 11.3 Å². The van der Waals surface area contributed by atoms with Gasteiger partial charge in [-0.05, 0) is 30.5 Å². The lowest BCUT2D eigenvalue weighted by Crippen LogP contribution is -2.37. The standard InChI is InChI=1S/C13H17F2NO/c14-11-4-3-10(7-12(11)15)8-17-13(9-16)5-1-2-6-13/h3-4,7H,1-2,5-6,8-9,16H2. The van der Waals surface area contributed by atoms with Crippen LogP contribution in [0.1, 0.15) is 31.2 Å². The van der Waals surface area contributed by atoms with Gasteiger partial charge in [0.1, 0.15) is 0 Å². The van der Waals surface area contributed by atoms with Crippen LogP contribution in [0.2, 0.25) is 0 Å². The summed E-state index contributed by atoms with van der Waals surface area (Å²) < 4.78 is 31.6. The van der Waals surface area contributed by atoms with E-state index >= 15 is 0 Å². The summed E-state index contributed by atoms with van der Waals surface area (Å²) in [4.78, 5) is 0. The van der Waals surface area contributed by atoms with Gasteiger partial charge < -0.3 is 10.5 Å². The summed E-state index contributed by atoms with van der Waals surface area (Å²) in [5, 5.41) is 0. The maximum Gasteiger partial charge on any atom is 0.159 e. The quantitative estimate of drug-likeness (QED) is 0.879. The van der Waals surface area contributed by atoms with Gasteiger partial charge in [0.15, 0.2) is 11.6 Å². The second-order valence-corrected chi connectivity index (χ2v) is 4.63. The molecule has 1 fully saturated rings. The highest BCUT2D eigenvalue weighted by Gasteiger charge is 2.33. The predicted octanol–water partition coefficient (Wildman–Crippen LogP) is 2.75. The van der Waals surface area contributed by atoms with Crippen molar-refractivity contribution < 1.29 is 13.5 Å². The molecule has 1 saturated carbocycles. The van der Waals surface area contributed by atoms with Crippen LogP contribution < -0.4 is 5.73 Å². The highest BCUT2D eigenvalue weighted by atomic mass is 19.2. The van der Waals surface area contributed by atoms with Crippen LogP contribution in [0.3, 0.4) is 0 Å². The molecule has 0 saturated heterocycles. The van der Waals surface area contributed by atoms with Crippen molar-refractivity contribution in [2.75, 3.05) is 6.54 Å².